The zero-order chi connectivity index (χ0) is 19.7. The molecule has 1 aliphatic rings. The molecule has 0 spiro atoms. The number of aromatic hydroxyl groups is 1. The Morgan fingerprint density at radius 3 is 2.54 bits per heavy atom. The molecule has 1 aliphatic heterocycles. The normalized spacial score (nSPS) is 17.6. The molecule has 2 heterocycles. The molecule has 2 aromatic carbocycles. The van der Waals surface area contributed by atoms with Gasteiger partial charge in [-0.25, -0.2) is 0 Å². The maximum Gasteiger partial charge on any atom is 0.416 e. The van der Waals surface area contributed by atoms with E-state index in [0.29, 0.717) is 28.4 Å². The summed E-state index contributed by atoms with van der Waals surface area (Å²) >= 11 is 0. The zero-order valence-electron chi connectivity index (χ0n) is 14.8. The maximum absolute atomic E-state index is 12.9. The molecule has 0 saturated carbocycles. The minimum absolute atomic E-state index is 0.0169. The topological polar surface area (TPSA) is 67.3 Å². The fourth-order valence-electron chi connectivity index (χ4n) is 3.35. The SMILES string of the molecule is Oc1cc(C(F)(F)F)ccc1-c1nnc(O[C@@H]2CCCNC2)c2ccccc12. The predicted molar refractivity (Wildman–Crippen MR) is 98.2 cm³/mol. The summed E-state index contributed by atoms with van der Waals surface area (Å²) in [5.41, 5.74) is -0.436. The van der Waals surface area contributed by atoms with Crippen molar-refractivity contribution in [1.82, 2.24) is 15.5 Å². The average Bonchev–Trinajstić information content (AvgIpc) is 2.69. The van der Waals surface area contributed by atoms with Gasteiger partial charge in [-0.15, -0.1) is 10.2 Å². The Labute approximate surface area is 159 Å². The third kappa shape index (κ3) is 3.60. The van der Waals surface area contributed by atoms with Crippen molar-refractivity contribution in [3.8, 4) is 22.9 Å². The lowest BCUT2D eigenvalue weighted by molar-refractivity contribution is -0.137. The molecule has 28 heavy (non-hydrogen) atoms. The van der Waals surface area contributed by atoms with Gasteiger partial charge in [0.2, 0.25) is 5.88 Å². The molecular formula is C20H18F3N3O2. The fraction of sp³-hybridized carbons (Fsp3) is 0.300. The number of benzene rings is 2. The van der Waals surface area contributed by atoms with Crippen LogP contribution in [-0.4, -0.2) is 34.5 Å². The molecule has 3 aromatic rings. The number of aromatic nitrogens is 2. The molecule has 1 aromatic heterocycles. The standard InChI is InChI=1S/C20H18F3N3O2/c21-20(22,23)12-7-8-16(17(27)10-12)18-14-5-1-2-6-15(14)19(26-25-18)28-13-4-3-9-24-11-13/h1-2,5-8,10,13,24,27H,3-4,9,11H2/t13-/m1/s1. The molecule has 1 fully saturated rings. The molecule has 0 amide bonds. The highest BCUT2D eigenvalue weighted by Crippen LogP contribution is 2.39. The van der Waals surface area contributed by atoms with Gasteiger partial charge in [-0.3, -0.25) is 0 Å². The second kappa shape index (κ2) is 7.27. The Balaban J connectivity index is 1.76. The van der Waals surface area contributed by atoms with Gasteiger partial charge in [0.25, 0.3) is 0 Å². The van der Waals surface area contributed by atoms with Gasteiger partial charge in [-0.05, 0) is 43.7 Å². The Kier molecular flexibility index (Phi) is 4.80. The van der Waals surface area contributed by atoms with Gasteiger partial charge >= 0.3 is 6.18 Å². The summed E-state index contributed by atoms with van der Waals surface area (Å²) in [6.45, 7) is 1.68. The van der Waals surface area contributed by atoms with E-state index in [-0.39, 0.29) is 11.7 Å². The molecule has 0 bridgehead atoms. The van der Waals surface area contributed by atoms with Crippen molar-refractivity contribution in [2.75, 3.05) is 13.1 Å². The molecular weight excluding hydrogens is 371 g/mol. The number of phenolic OH excluding ortho intramolecular Hbond substituents is 1. The summed E-state index contributed by atoms with van der Waals surface area (Å²) in [6, 6.07) is 10.0. The summed E-state index contributed by atoms with van der Waals surface area (Å²) in [6.07, 6.45) is -2.63. The van der Waals surface area contributed by atoms with E-state index in [2.05, 4.69) is 15.5 Å². The number of halogens is 3. The van der Waals surface area contributed by atoms with Crippen LogP contribution >= 0.6 is 0 Å². The number of piperidine rings is 1. The van der Waals surface area contributed by atoms with Crippen LogP contribution in [0.15, 0.2) is 42.5 Å². The van der Waals surface area contributed by atoms with Gasteiger partial charge in [0.15, 0.2) is 0 Å². The van der Waals surface area contributed by atoms with Gasteiger partial charge in [0, 0.05) is 22.9 Å². The number of hydrogen-bond acceptors (Lipinski definition) is 5. The summed E-state index contributed by atoms with van der Waals surface area (Å²) in [7, 11) is 0. The number of ether oxygens (including phenoxy) is 1. The van der Waals surface area contributed by atoms with Gasteiger partial charge in [0.1, 0.15) is 17.5 Å². The summed E-state index contributed by atoms with van der Waals surface area (Å²) in [4.78, 5) is 0. The molecule has 2 N–H and O–H groups in total. The van der Waals surface area contributed by atoms with E-state index in [1.54, 1.807) is 12.1 Å². The molecule has 8 heteroatoms. The highest BCUT2D eigenvalue weighted by Gasteiger charge is 2.31. The van der Waals surface area contributed by atoms with Crippen molar-refractivity contribution in [1.29, 1.82) is 0 Å². The Hall–Kier alpha value is -2.87. The molecule has 1 saturated heterocycles. The van der Waals surface area contributed by atoms with E-state index in [1.165, 1.54) is 6.07 Å². The fourth-order valence-corrected chi connectivity index (χ4v) is 3.35. The Morgan fingerprint density at radius 2 is 1.86 bits per heavy atom. The molecule has 4 rings (SSSR count). The summed E-state index contributed by atoms with van der Waals surface area (Å²) < 4.78 is 44.6. The first kappa shape index (κ1) is 18.5. The smallest absolute Gasteiger partial charge is 0.416 e. The van der Waals surface area contributed by atoms with E-state index >= 15 is 0 Å². The molecule has 1 atom stereocenters. The Morgan fingerprint density at radius 1 is 1.07 bits per heavy atom. The van der Waals surface area contributed by atoms with Crippen LogP contribution in [0.1, 0.15) is 18.4 Å². The lowest BCUT2D eigenvalue weighted by Gasteiger charge is -2.23. The monoisotopic (exact) mass is 389 g/mol. The van der Waals surface area contributed by atoms with E-state index in [9.17, 15) is 18.3 Å². The van der Waals surface area contributed by atoms with Crippen molar-refractivity contribution in [2.24, 2.45) is 0 Å². The highest BCUT2D eigenvalue weighted by atomic mass is 19.4. The van der Waals surface area contributed by atoms with Crippen LogP contribution in [0.3, 0.4) is 0 Å². The second-order valence-electron chi connectivity index (χ2n) is 6.72. The van der Waals surface area contributed by atoms with Crippen LogP contribution in [0.5, 0.6) is 11.6 Å². The van der Waals surface area contributed by atoms with E-state index in [1.807, 2.05) is 12.1 Å². The average molecular weight is 389 g/mol. The van der Waals surface area contributed by atoms with E-state index in [0.717, 1.165) is 32.0 Å². The second-order valence-corrected chi connectivity index (χ2v) is 6.72. The van der Waals surface area contributed by atoms with Crippen LogP contribution in [0.2, 0.25) is 0 Å². The predicted octanol–water partition coefficient (Wildman–Crippen LogP) is 4.15. The number of nitrogens with one attached hydrogen (secondary N) is 1. The van der Waals surface area contributed by atoms with Crippen molar-refractivity contribution in [2.45, 2.75) is 25.1 Å². The highest BCUT2D eigenvalue weighted by molar-refractivity contribution is 5.98. The van der Waals surface area contributed by atoms with Crippen LogP contribution in [0.25, 0.3) is 22.0 Å². The van der Waals surface area contributed by atoms with Gasteiger partial charge in [-0.2, -0.15) is 13.2 Å². The molecule has 5 nitrogen and oxygen atoms in total. The first-order chi connectivity index (χ1) is 13.4. The largest absolute Gasteiger partial charge is 0.507 e. The number of rotatable bonds is 3. The summed E-state index contributed by atoms with van der Waals surface area (Å²) in [5, 5.41) is 23.1. The maximum atomic E-state index is 12.9. The van der Waals surface area contributed by atoms with E-state index < -0.39 is 17.5 Å². The number of hydrogen-bond donors (Lipinski definition) is 2. The first-order valence-corrected chi connectivity index (χ1v) is 8.97. The van der Waals surface area contributed by atoms with Crippen molar-refractivity contribution in [3.63, 3.8) is 0 Å². The van der Waals surface area contributed by atoms with Gasteiger partial charge < -0.3 is 15.2 Å². The van der Waals surface area contributed by atoms with Crippen molar-refractivity contribution in [3.05, 3.63) is 48.0 Å². The van der Waals surface area contributed by atoms with Gasteiger partial charge in [-0.1, -0.05) is 18.2 Å². The van der Waals surface area contributed by atoms with Crippen LogP contribution < -0.4 is 10.1 Å². The number of alkyl halides is 3. The molecule has 146 valence electrons. The summed E-state index contributed by atoms with van der Waals surface area (Å²) in [5.74, 6) is -0.126. The molecule has 0 unspecified atom stereocenters. The number of fused-ring (bicyclic) bond motifs is 1. The Bertz CT molecular complexity index is 1000. The quantitative estimate of drug-likeness (QED) is 0.704. The van der Waals surface area contributed by atoms with Crippen LogP contribution in [0.4, 0.5) is 13.2 Å². The lowest BCUT2D eigenvalue weighted by Crippen LogP contribution is -2.37. The zero-order valence-corrected chi connectivity index (χ0v) is 14.8. The minimum atomic E-state index is -4.53. The van der Waals surface area contributed by atoms with Crippen LogP contribution in [0, 0.1) is 0 Å². The first-order valence-electron chi connectivity index (χ1n) is 8.97. The lowest BCUT2D eigenvalue weighted by atomic mass is 10.0. The third-order valence-electron chi connectivity index (χ3n) is 4.76. The van der Waals surface area contributed by atoms with Crippen molar-refractivity contribution < 1.29 is 23.0 Å². The van der Waals surface area contributed by atoms with Gasteiger partial charge in [0.05, 0.1) is 5.56 Å². The van der Waals surface area contributed by atoms with E-state index in [4.69, 9.17) is 4.74 Å². The molecule has 0 aliphatic carbocycles. The van der Waals surface area contributed by atoms with Crippen LogP contribution in [-0.2, 0) is 6.18 Å². The van der Waals surface area contributed by atoms with Crippen molar-refractivity contribution >= 4 is 10.8 Å². The number of nitrogens with zero attached hydrogens (tertiary/aromatic N) is 2. The third-order valence-corrected chi connectivity index (χ3v) is 4.76. The minimum Gasteiger partial charge on any atom is -0.507 e. The molecule has 0 radical (unpaired) electrons. The number of phenols is 1.